The van der Waals surface area contributed by atoms with Crippen LogP contribution in [0.1, 0.15) is 37.7 Å². The van der Waals surface area contributed by atoms with Gasteiger partial charge in [-0.05, 0) is 69.4 Å². The van der Waals surface area contributed by atoms with Gasteiger partial charge in [0.1, 0.15) is 0 Å². The number of nitrogens with zero attached hydrogens (tertiary/aromatic N) is 1. The van der Waals surface area contributed by atoms with Crippen molar-refractivity contribution >= 4 is 36.4 Å². The molecule has 0 saturated carbocycles. The summed E-state index contributed by atoms with van der Waals surface area (Å²) in [6.45, 7) is 4.61. The highest BCUT2D eigenvalue weighted by molar-refractivity contribution is 5.94. The lowest BCUT2D eigenvalue weighted by Gasteiger charge is -2.22. The third-order valence-corrected chi connectivity index (χ3v) is 4.76. The molecular formula is C18H29Cl2N3O. The quantitative estimate of drug-likeness (QED) is 0.832. The fraction of sp³-hybridized carbons (Fsp3) is 0.611. The molecule has 6 heteroatoms. The van der Waals surface area contributed by atoms with Crippen molar-refractivity contribution in [2.45, 2.75) is 44.6 Å². The molecule has 1 atom stereocenters. The van der Waals surface area contributed by atoms with Crippen molar-refractivity contribution in [3.05, 3.63) is 29.8 Å². The van der Waals surface area contributed by atoms with Crippen molar-refractivity contribution in [3.63, 3.8) is 0 Å². The lowest BCUT2D eigenvalue weighted by Crippen LogP contribution is -2.43. The van der Waals surface area contributed by atoms with E-state index in [1.165, 1.54) is 37.9 Å². The predicted octanol–water partition coefficient (Wildman–Crippen LogP) is 3.25. The number of halogens is 2. The second-order valence-corrected chi connectivity index (χ2v) is 6.49. The maximum absolute atomic E-state index is 12.2. The van der Waals surface area contributed by atoms with Gasteiger partial charge in [0.05, 0.1) is 6.04 Å². The van der Waals surface area contributed by atoms with E-state index in [2.05, 4.69) is 27.7 Å². The Morgan fingerprint density at radius 2 is 1.79 bits per heavy atom. The molecule has 1 amide bonds. The molecule has 136 valence electrons. The Kier molecular flexibility index (Phi) is 9.67. The Morgan fingerprint density at radius 1 is 1.08 bits per heavy atom. The van der Waals surface area contributed by atoms with E-state index in [1.54, 1.807) is 0 Å². The topological polar surface area (TPSA) is 44.4 Å². The van der Waals surface area contributed by atoms with Crippen LogP contribution in [0.25, 0.3) is 0 Å². The van der Waals surface area contributed by atoms with Gasteiger partial charge in [0.15, 0.2) is 0 Å². The van der Waals surface area contributed by atoms with Crippen LogP contribution in [0.5, 0.6) is 0 Å². The number of amides is 1. The molecule has 2 N–H and O–H groups in total. The van der Waals surface area contributed by atoms with Gasteiger partial charge in [-0.15, -0.1) is 24.8 Å². The van der Waals surface area contributed by atoms with Crippen LogP contribution in [0.4, 0.5) is 5.69 Å². The summed E-state index contributed by atoms with van der Waals surface area (Å²) < 4.78 is 0. The Morgan fingerprint density at radius 3 is 2.42 bits per heavy atom. The second kappa shape index (κ2) is 10.9. The Labute approximate surface area is 157 Å². The van der Waals surface area contributed by atoms with Crippen LogP contribution < -0.4 is 10.6 Å². The molecule has 0 unspecified atom stereocenters. The van der Waals surface area contributed by atoms with Crippen molar-refractivity contribution in [2.24, 2.45) is 0 Å². The number of rotatable bonds is 5. The van der Waals surface area contributed by atoms with Crippen molar-refractivity contribution in [2.75, 3.05) is 31.5 Å². The molecule has 2 aliphatic heterocycles. The lowest BCUT2D eigenvalue weighted by atomic mass is 10.0. The summed E-state index contributed by atoms with van der Waals surface area (Å²) in [6, 6.07) is 8.31. The molecule has 4 nitrogen and oxygen atoms in total. The zero-order chi connectivity index (χ0) is 15.2. The first-order chi connectivity index (χ1) is 10.8. The van der Waals surface area contributed by atoms with E-state index in [4.69, 9.17) is 0 Å². The molecule has 2 saturated heterocycles. The monoisotopic (exact) mass is 373 g/mol. The number of hydrogen-bond donors (Lipinski definition) is 2. The molecule has 2 fully saturated rings. The van der Waals surface area contributed by atoms with Crippen LogP contribution in [0.15, 0.2) is 24.3 Å². The van der Waals surface area contributed by atoms with E-state index in [1.807, 2.05) is 12.1 Å². The van der Waals surface area contributed by atoms with E-state index in [0.717, 1.165) is 38.0 Å². The van der Waals surface area contributed by atoms with Gasteiger partial charge in [0.25, 0.3) is 0 Å². The number of piperidine rings is 1. The average molecular weight is 374 g/mol. The first kappa shape index (κ1) is 21.2. The summed E-state index contributed by atoms with van der Waals surface area (Å²) in [5.41, 5.74) is 2.25. The fourth-order valence-corrected chi connectivity index (χ4v) is 3.35. The largest absolute Gasteiger partial charge is 0.325 e. The number of carbonyl (C=O) groups excluding carboxylic acids is 1. The molecular weight excluding hydrogens is 345 g/mol. The molecule has 1 aromatic rings. The molecule has 0 aliphatic carbocycles. The van der Waals surface area contributed by atoms with Crippen molar-refractivity contribution in [3.8, 4) is 0 Å². The molecule has 2 heterocycles. The van der Waals surface area contributed by atoms with E-state index in [0.29, 0.717) is 0 Å². The van der Waals surface area contributed by atoms with Crippen LogP contribution >= 0.6 is 24.8 Å². The van der Waals surface area contributed by atoms with Crippen LogP contribution in [-0.2, 0) is 11.2 Å². The second-order valence-electron chi connectivity index (χ2n) is 6.49. The van der Waals surface area contributed by atoms with Gasteiger partial charge in [-0.2, -0.15) is 0 Å². The number of hydrogen-bond acceptors (Lipinski definition) is 3. The summed E-state index contributed by atoms with van der Waals surface area (Å²) in [5, 5.41) is 6.31. The maximum atomic E-state index is 12.2. The van der Waals surface area contributed by atoms with Crippen LogP contribution in [0, 0.1) is 0 Å². The van der Waals surface area contributed by atoms with E-state index in [-0.39, 0.29) is 36.8 Å². The number of carbonyl (C=O) groups is 1. The van der Waals surface area contributed by atoms with Crippen LogP contribution in [0.3, 0.4) is 0 Å². The summed E-state index contributed by atoms with van der Waals surface area (Å²) in [7, 11) is 0. The number of benzene rings is 1. The summed E-state index contributed by atoms with van der Waals surface area (Å²) in [4.78, 5) is 14.7. The number of nitrogens with one attached hydrogen (secondary N) is 2. The van der Waals surface area contributed by atoms with Gasteiger partial charge in [-0.3, -0.25) is 4.79 Å². The first-order valence-electron chi connectivity index (χ1n) is 8.67. The normalized spacial score (nSPS) is 20.8. The van der Waals surface area contributed by atoms with E-state index in [9.17, 15) is 4.79 Å². The average Bonchev–Trinajstić information content (AvgIpc) is 3.08. The Hall–Kier alpha value is -0.810. The standard InChI is InChI=1S/C18H27N3O.2ClH/c22-18(17-5-1-2-11-19-17)20-16-8-6-15(7-9-16)10-14-21-12-3-4-13-21;;/h6-9,17,19H,1-5,10-14H2,(H,20,22);2*1H/t17-;;/m1../s1. The minimum absolute atomic E-state index is 0. The van der Waals surface area contributed by atoms with Gasteiger partial charge < -0.3 is 15.5 Å². The molecule has 0 aromatic heterocycles. The third-order valence-electron chi connectivity index (χ3n) is 4.76. The van der Waals surface area contributed by atoms with Crippen LogP contribution in [0.2, 0.25) is 0 Å². The molecule has 24 heavy (non-hydrogen) atoms. The number of anilines is 1. The fourth-order valence-electron chi connectivity index (χ4n) is 3.35. The van der Waals surface area contributed by atoms with Gasteiger partial charge in [0, 0.05) is 12.2 Å². The van der Waals surface area contributed by atoms with E-state index < -0.39 is 0 Å². The molecule has 0 bridgehead atoms. The molecule has 1 aromatic carbocycles. The van der Waals surface area contributed by atoms with Crippen molar-refractivity contribution < 1.29 is 4.79 Å². The minimum Gasteiger partial charge on any atom is -0.325 e. The van der Waals surface area contributed by atoms with Crippen molar-refractivity contribution in [1.29, 1.82) is 0 Å². The van der Waals surface area contributed by atoms with Gasteiger partial charge in [0.2, 0.25) is 5.91 Å². The molecule has 3 rings (SSSR count). The predicted molar refractivity (Wildman–Crippen MR) is 105 cm³/mol. The highest BCUT2D eigenvalue weighted by Gasteiger charge is 2.20. The Bertz CT molecular complexity index is 484. The number of likely N-dealkylation sites (tertiary alicyclic amines) is 1. The summed E-state index contributed by atoms with van der Waals surface area (Å²) in [5.74, 6) is 0.101. The molecule has 0 radical (unpaired) electrons. The van der Waals surface area contributed by atoms with E-state index >= 15 is 0 Å². The lowest BCUT2D eigenvalue weighted by molar-refractivity contribution is -0.118. The maximum Gasteiger partial charge on any atom is 0.241 e. The first-order valence-corrected chi connectivity index (χ1v) is 8.67. The summed E-state index contributed by atoms with van der Waals surface area (Å²) >= 11 is 0. The van der Waals surface area contributed by atoms with Crippen molar-refractivity contribution in [1.82, 2.24) is 10.2 Å². The zero-order valence-electron chi connectivity index (χ0n) is 14.1. The zero-order valence-corrected chi connectivity index (χ0v) is 15.8. The SMILES string of the molecule is Cl.Cl.O=C(Nc1ccc(CCN2CCCC2)cc1)[C@H]1CCCCN1. The molecule has 0 spiro atoms. The Balaban J connectivity index is 0.00000144. The van der Waals surface area contributed by atoms with Gasteiger partial charge in [-0.1, -0.05) is 18.6 Å². The van der Waals surface area contributed by atoms with Gasteiger partial charge >= 0.3 is 0 Å². The summed E-state index contributed by atoms with van der Waals surface area (Å²) in [6.07, 6.45) is 7.05. The highest BCUT2D eigenvalue weighted by Crippen LogP contribution is 2.14. The minimum atomic E-state index is -0.0245. The third kappa shape index (κ3) is 6.25. The highest BCUT2D eigenvalue weighted by atomic mass is 35.5. The smallest absolute Gasteiger partial charge is 0.241 e. The van der Waals surface area contributed by atoms with Crippen LogP contribution in [-0.4, -0.2) is 43.0 Å². The molecule has 2 aliphatic rings. The van der Waals surface area contributed by atoms with Gasteiger partial charge in [-0.25, -0.2) is 0 Å².